The maximum absolute atomic E-state index is 6.34. The minimum absolute atomic E-state index is 0.917. The highest BCUT2D eigenvalue weighted by Crippen LogP contribution is 2.38. The van der Waals surface area contributed by atoms with Crippen molar-refractivity contribution in [3.05, 3.63) is 134 Å². The minimum Gasteiger partial charge on any atom is -0.455 e. The van der Waals surface area contributed by atoms with Gasteiger partial charge in [0.05, 0.1) is 11.0 Å². The molecule has 0 aliphatic rings. The Bertz CT molecular complexity index is 2450. The average molecular weight is 523 g/mol. The standard InChI is InChI=1S/C38H22N2O/c1-2-8-31-29(6-1)34-22-25(16-17-32(34)37-36(31)39-18-19-40-37)24-14-12-23-13-15-26(21-27(23)20-24)28-9-5-10-33-30-7-3-4-11-35(30)41-38(28)33/h1-22H. The van der Waals surface area contributed by atoms with Crippen molar-refractivity contribution in [1.29, 1.82) is 0 Å². The fraction of sp³-hybridized carbons (Fsp3) is 0. The molecule has 0 saturated heterocycles. The highest BCUT2D eigenvalue weighted by Gasteiger charge is 2.14. The molecule has 0 amide bonds. The van der Waals surface area contributed by atoms with Gasteiger partial charge in [0, 0.05) is 39.5 Å². The van der Waals surface area contributed by atoms with Gasteiger partial charge in [-0.2, -0.15) is 0 Å². The molecule has 9 aromatic rings. The van der Waals surface area contributed by atoms with Crippen LogP contribution < -0.4 is 0 Å². The summed E-state index contributed by atoms with van der Waals surface area (Å²) in [5, 5.41) is 9.34. The first kappa shape index (κ1) is 22.3. The summed E-state index contributed by atoms with van der Waals surface area (Å²) in [6.07, 6.45) is 3.55. The molecule has 0 radical (unpaired) electrons. The maximum Gasteiger partial charge on any atom is 0.143 e. The van der Waals surface area contributed by atoms with Crippen molar-refractivity contribution in [1.82, 2.24) is 9.97 Å². The fourth-order valence-electron chi connectivity index (χ4n) is 6.38. The Morgan fingerprint density at radius 2 is 1.05 bits per heavy atom. The van der Waals surface area contributed by atoms with Crippen molar-refractivity contribution in [2.75, 3.05) is 0 Å². The molecule has 0 aliphatic carbocycles. The first-order valence-electron chi connectivity index (χ1n) is 13.8. The van der Waals surface area contributed by atoms with Gasteiger partial charge in [-0.05, 0) is 62.5 Å². The smallest absolute Gasteiger partial charge is 0.143 e. The van der Waals surface area contributed by atoms with E-state index >= 15 is 0 Å². The molecule has 190 valence electrons. The number of hydrogen-bond donors (Lipinski definition) is 0. The van der Waals surface area contributed by atoms with Gasteiger partial charge in [0.1, 0.15) is 11.2 Å². The zero-order valence-corrected chi connectivity index (χ0v) is 22.0. The van der Waals surface area contributed by atoms with Crippen molar-refractivity contribution in [2.45, 2.75) is 0 Å². The van der Waals surface area contributed by atoms with Gasteiger partial charge >= 0.3 is 0 Å². The van der Waals surface area contributed by atoms with E-state index in [1.165, 1.54) is 32.7 Å². The predicted octanol–water partition coefficient (Wildman–Crippen LogP) is 10.3. The number of hydrogen-bond acceptors (Lipinski definition) is 3. The molecule has 0 saturated carbocycles. The molecule has 0 fully saturated rings. The predicted molar refractivity (Wildman–Crippen MR) is 170 cm³/mol. The molecule has 0 aliphatic heterocycles. The van der Waals surface area contributed by atoms with Gasteiger partial charge in [0.25, 0.3) is 0 Å². The van der Waals surface area contributed by atoms with E-state index in [-0.39, 0.29) is 0 Å². The molecule has 7 aromatic carbocycles. The zero-order chi connectivity index (χ0) is 26.9. The van der Waals surface area contributed by atoms with Crippen LogP contribution in [0, 0.1) is 0 Å². The second-order valence-corrected chi connectivity index (χ2v) is 10.6. The van der Waals surface area contributed by atoms with Crippen molar-refractivity contribution in [3.63, 3.8) is 0 Å². The van der Waals surface area contributed by atoms with Crippen LogP contribution in [-0.2, 0) is 0 Å². The molecule has 2 heterocycles. The third-order valence-electron chi connectivity index (χ3n) is 8.33. The van der Waals surface area contributed by atoms with Gasteiger partial charge < -0.3 is 4.42 Å². The van der Waals surface area contributed by atoms with E-state index in [1.54, 1.807) is 12.4 Å². The summed E-state index contributed by atoms with van der Waals surface area (Å²) in [5.74, 6) is 0. The Balaban J connectivity index is 1.22. The second-order valence-electron chi connectivity index (χ2n) is 10.6. The van der Waals surface area contributed by atoms with Gasteiger partial charge in [-0.1, -0.05) is 97.1 Å². The lowest BCUT2D eigenvalue weighted by atomic mass is 9.94. The topological polar surface area (TPSA) is 38.9 Å². The van der Waals surface area contributed by atoms with Gasteiger partial charge in [-0.3, -0.25) is 9.97 Å². The molecule has 0 spiro atoms. The van der Waals surface area contributed by atoms with E-state index in [2.05, 4.69) is 114 Å². The lowest BCUT2D eigenvalue weighted by molar-refractivity contribution is 0.670. The summed E-state index contributed by atoms with van der Waals surface area (Å²) in [5.41, 5.74) is 8.35. The van der Waals surface area contributed by atoms with E-state index in [4.69, 9.17) is 9.40 Å². The highest BCUT2D eigenvalue weighted by atomic mass is 16.3. The molecule has 9 rings (SSSR count). The summed E-state index contributed by atoms with van der Waals surface area (Å²) in [4.78, 5) is 9.38. The third-order valence-corrected chi connectivity index (χ3v) is 8.33. The summed E-state index contributed by atoms with van der Waals surface area (Å²) < 4.78 is 6.34. The number of rotatable bonds is 2. The van der Waals surface area contributed by atoms with Crippen LogP contribution in [-0.4, -0.2) is 9.97 Å². The molecule has 2 aromatic heterocycles. The number of nitrogens with zero attached hydrogens (tertiary/aromatic N) is 2. The summed E-state index contributed by atoms with van der Waals surface area (Å²) >= 11 is 0. The summed E-state index contributed by atoms with van der Waals surface area (Å²) in [6, 6.07) is 43.2. The molecular weight excluding hydrogens is 500 g/mol. The Morgan fingerprint density at radius 1 is 0.415 bits per heavy atom. The van der Waals surface area contributed by atoms with Crippen LogP contribution in [0.3, 0.4) is 0 Å². The minimum atomic E-state index is 0.917. The first-order chi connectivity index (χ1) is 20.3. The van der Waals surface area contributed by atoms with Crippen LogP contribution in [0.1, 0.15) is 0 Å². The average Bonchev–Trinajstić information content (AvgIpc) is 3.43. The SMILES string of the molecule is c1ccc2c(c1)oc1c(-c3ccc4ccc(-c5ccc6c(c5)c5ccccc5c5nccnc65)cc4c3)cccc12. The summed E-state index contributed by atoms with van der Waals surface area (Å²) in [6.45, 7) is 0. The molecule has 0 bridgehead atoms. The molecule has 3 nitrogen and oxygen atoms in total. The number of benzene rings is 7. The van der Waals surface area contributed by atoms with Crippen LogP contribution >= 0.6 is 0 Å². The number of para-hydroxylation sites is 2. The normalized spacial score (nSPS) is 11.9. The van der Waals surface area contributed by atoms with E-state index in [0.29, 0.717) is 0 Å². The maximum atomic E-state index is 6.34. The van der Waals surface area contributed by atoms with Crippen LogP contribution in [0.15, 0.2) is 138 Å². The van der Waals surface area contributed by atoms with Crippen molar-refractivity contribution in [3.8, 4) is 22.3 Å². The Hall–Kier alpha value is -5.54. The van der Waals surface area contributed by atoms with E-state index < -0.39 is 0 Å². The molecule has 0 atom stereocenters. The van der Waals surface area contributed by atoms with E-state index in [1.807, 2.05) is 12.1 Å². The van der Waals surface area contributed by atoms with Gasteiger partial charge in [-0.25, -0.2) is 0 Å². The van der Waals surface area contributed by atoms with Gasteiger partial charge in [0.15, 0.2) is 0 Å². The second kappa shape index (κ2) is 8.48. The quantitative estimate of drug-likeness (QED) is 0.212. The van der Waals surface area contributed by atoms with Crippen LogP contribution in [0.2, 0.25) is 0 Å². The molecule has 0 unspecified atom stereocenters. The number of fused-ring (bicyclic) bond motifs is 10. The molecule has 41 heavy (non-hydrogen) atoms. The van der Waals surface area contributed by atoms with Crippen LogP contribution in [0.5, 0.6) is 0 Å². The fourth-order valence-corrected chi connectivity index (χ4v) is 6.38. The van der Waals surface area contributed by atoms with Crippen molar-refractivity contribution >= 4 is 65.3 Å². The lowest BCUT2D eigenvalue weighted by Crippen LogP contribution is -1.89. The van der Waals surface area contributed by atoms with E-state index in [9.17, 15) is 0 Å². The first-order valence-corrected chi connectivity index (χ1v) is 13.8. The largest absolute Gasteiger partial charge is 0.455 e. The molecule has 0 N–H and O–H groups in total. The van der Waals surface area contributed by atoms with Gasteiger partial charge in [0.2, 0.25) is 0 Å². The Morgan fingerprint density at radius 3 is 1.90 bits per heavy atom. The molecule has 3 heteroatoms. The third kappa shape index (κ3) is 3.33. The summed E-state index contributed by atoms with van der Waals surface area (Å²) in [7, 11) is 0. The zero-order valence-electron chi connectivity index (χ0n) is 22.0. The number of furan rings is 1. The van der Waals surface area contributed by atoms with Gasteiger partial charge in [-0.15, -0.1) is 0 Å². The Kier molecular flexibility index (Phi) is 4.61. The van der Waals surface area contributed by atoms with Crippen LogP contribution in [0.4, 0.5) is 0 Å². The lowest BCUT2D eigenvalue weighted by Gasteiger charge is -2.11. The Labute approximate surface area is 235 Å². The highest BCUT2D eigenvalue weighted by molar-refractivity contribution is 6.23. The van der Waals surface area contributed by atoms with Crippen LogP contribution in [0.25, 0.3) is 87.5 Å². The van der Waals surface area contributed by atoms with Crippen molar-refractivity contribution < 1.29 is 4.42 Å². The molecular formula is C38H22N2O. The number of aromatic nitrogens is 2. The van der Waals surface area contributed by atoms with Crippen molar-refractivity contribution in [2.24, 2.45) is 0 Å². The monoisotopic (exact) mass is 522 g/mol. The van der Waals surface area contributed by atoms with E-state index in [0.717, 1.165) is 54.9 Å².